The molecule has 3 aliphatic heterocycles. The Labute approximate surface area is 232 Å². The lowest BCUT2D eigenvalue weighted by Crippen LogP contribution is -2.54. The van der Waals surface area contributed by atoms with Crippen molar-refractivity contribution in [3.63, 3.8) is 0 Å². The first-order valence-corrected chi connectivity index (χ1v) is 14.1. The molecule has 208 valence electrons. The van der Waals surface area contributed by atoms with Gasteiger partial charge in [0.1, 0.15) is 11.9 Å². The van der Waals surface area contributed by atoms with E-state index in [1.807, 2.05) is 18.2 Å². The summed E-state index contributed by atoms with van der Waals surface area (Å²) in [4.78, 5) is 55.8. The molecule has 0 saturated carbocycles. The number of hydrogen-bond donors (Lipinski definition) is 1. The van der Waals surface area contributed by atoms with Crippen LogP contribution in [0.4, 0.5) is 4.39 Å². The van der Waals surface area contributed by atoms with Gasteiger partial charge in [-0.25, -0.2) is 4.39 Å². The Kier molecular flexibility index (Phi) is 7.33. The van der Waals surface area contributed by atoms with Crippen molar-refractivity contribution in [2.75, 3.05) is 32.7 Å². The predicted octanol–water partition coefficient (Wildman–Crippen LogP) is 3.37. The highest BCUT2D eigenvalue weighted by Crippen LogP contribution is 2.33. The van der Waals surface area contributed by atoms with E-state index < -0.39 is 23.8 Å². The number of hydrogen-bond acceptors (Lipinski definition) is 6. The van der Waals surface area contributed by atoms with Crippen molar-refractivity contribution in [1.82, 2.24) is 20.0 Å². The molecule has 8 nitrogen and oxygen atoms in total. The fourth-order valence-corrected chi connectivity index (χ4v) is 6.39. The van der Waals surface area contributed by atoms with Crippen LogP contribution in [-0.4, -0.2) is 77.1 Å². The van der Waals surface area contributed by atoms with Crippen molar-refractivity contribution in [2.45, 2.75) is 51.1 Å². The summed E-state index contributed by atoms with van der Waals surface area (Å²) in [5.41, 5.74) is 5.55. The van der Waals surface area contributed by atoms with Crippen LogP contribution in [-0.2, 0) is 16.1 Å². The lowest BCUT2D eigenvalue weighted by Gasteiger charge is -2.36. The molecule has 1 atom stereocenters. The minimum absolute atomic E-state index is 0.103. The molecule has 9 heteroatoms. The fourth-order valence-electron chi connectivity index (χ4n) is 6.39. The number of allylic oxidation sites excluding steroid dienone is 1. The zero-order valence-electron chi connectivity index (χ0n) is 22.5. The maximum atomic E-state index is 13.5. The standard InChI is InChI=1S/C31H33FN4O4/c32-23-8-6-21(7-9-23)24-4-2-1-3-22(24)19-35-15-13-34(14-16-35)18-20-5-10-25-26(17-20)31(40)36(30(25)39)27-11-12-28(37)33-29(27)38/h5-10,17,27H,1-4,11-16,18-19H2,(H,33,37,38). The van der Waals surface area contributed by atoms with Crippen LogP contribution in [0.1, 0.15) is 70.4 Å². The quantitative estimate of drug-likeness (QED) is 0.561. The van der Waals surface area contributed by atoms with E-state index in [-0.39, 0.29) is 24.6 Å². The van der Waals surface area contributed by atoms with E-state index in [0.717, 1.165) is 61.6 Å². The number of benzene rings is 2. The molecular formula is C31H33FN4O4. The van der Waals surface area contributed by atoms with Gasteiger partial charge >= 0.3 is 0 Å². The molecule has 6 rings (SSSR count). The number of amides is 4. The number of imide groups is 2. The molecule has 0 spiro atoms. The van der Waals surface area contributed by atoms with Crippen molar-refractivity contribution in [3.8, 4) is 0 Å². The molecule has 2 saturated heterocycles. The van der Waals surface area contributed by atoms with Crippen LogP contribution in [0.15, 0.2) is 48.0 Å². The molecule has 2 aromatic rings. The largest absolute Gasteiger partial charge is 0.297 e. The average Bonchev–Trinajstić information content (AvgIpc) is 3.19. The van der Waals surface area contributed by atoms with Crippen molar-refractivity contribution < 1.29 is 23.6 Å². The highest BCUT2D eigenvalue weighted by molar-refractivity contribution is 6.23. The van der Waals surface area contributed by atoms with Crippen molar-refractivity contribution in [2.24, 2.45) is 0 Å². The van der Waals surface area contributed by atoms with Crippen molar-refractivity contribution >= 4 is 29.2 Å². The van der Waals surface area contributed by atoms with Gasteiger partial charge in [0.25, 0.3) is 11.8 Å². The number of carbonyl (C=O) groups excluding carboxylic acids is 4. The summed E-state index contributed by atoms with van der Waals surface area (Å²) < 4.78 is 13.5. The van der Waals surface area contributed by atoms with Crippen molar-refractivity contribution in [3.05, 3.63) is 76.1 Å². The molecule has 1 aliphatic carbocycles. The normalized spacial score (nSPS) is 22.6. The van der Waals surface area contributed by atoms with E-state index in [1.54, 1.807) is 24.3 Å². The summed E-state index contributed by atoms with van der Waals surface area (Å²) in [7, 11) is 0. The Hall–Kier alpha value is -3.69. The number of piperidine rings is 1. The Balaban J connectivity index is 1.08. The highest BCUT2D eigenvalue weighted by Gasteiger charge is 2.44. The van der Waals surface area contributed by atoms with E-state index in [0.29, 0.717) is 17.7 Å². The predicted molar refractivity (Wildman–Crippen MR) is 147 cm³/mol. The van der Waals surface area contributed by atoms with Gasteiger partial charge in [-0.05, 0) is 73.1 Å². The highest BCUT2D eigenvalue weighted by atomic mass is 19.1. The summed E-state index contributed by atoms with van der Waals surface area (Å²) in [6.45, 7) is 5.27. The van der Waals surface area contributed by atoms with Gasteiger partial charge in [0.15, 0.2) is 0 Å². The molecule has 2 fully saturated rings. The van der Waals surface area contributed by atoms with Gasteiger partial charge in [0, 0.05) is 45.7 Å². The zero-order chi connectivity index (χ0) is 27.8. The van der Waals surface area contributed by atoms with Gasteiger partial charge in [-0.3, -0.25) is 39.2 Å². The second kappa shape index (κ2) is 11.1. The van der Waals surface area contributed by atoms with Crippen LogP contribution < -0.4 is 5.32 Å². The van der Waals surface area contributed by atoms with Crippen molar-refractivity contribution in [1.29, 1.82) is 0 Å². The number of rotatable bonds is 6. The van der Waals surface area contributed by atoms with Crippen LogP contribution in [0.2, 0.25) is 0 Å². The maximum Gasteiger partial charge on any atom is 0.262 e. The maximum absolute atomic E-state index is 13.5. The Bertz CT molecular complexity index is 1390. The fraction of sp³-hybridized carbons (Fsp3) is 0.419. The molecule has 4 aliphatic rings. The third kappa shape index (κ3) is 5.23. The average molecular weight is 545 g/mol. The van der Waals surface area contributed by atoms with Crippen LogP contribution in [0.5, 0.6) is 0 Å². The molecule has 0 radical (unpaired) electrons. The van der Waals surface area contributed by atoms with Crippen LogP contribution in [0.25, 0.3) is 5.57 Å². The number of nitrogens with zero attached hydrogens (tertiary/aromatic N) is 3. The van der Waals surface area contributed by atoms with Gasteiger partial charge in [-0.2, -0.15) is 0 Å². The van der Waals surface area contributed by atoms with E-state index in [1.165, 1.54) is 24.0 Å². The Morgan fingerprint density at radius 2 is 1.45 bits per heavy atom. The number of halogens is 1. The molecule has 1 unspecified atom stereocenters. The molecule has 4 amide bonds. The monoisotopic (exact) mass is 544 g/mol. The van der Waals surface area contributed by atoms with E-state index in [9.17, 15) is 23.6 Å². The molecule has 1 N–H and O–H groups in total. The van der Waals surface area contributed by atoms with Crippen LogP contribution in [0, 0.1) is 5.82 Å². The SMILES string of the molecule is O=C1CCC(N2C(=O)c3ccc(CN4CCN(CC5=C(c6ccc(F)cc6)CCCC5)CC4)cc3C2=O)C(=O)N1. The molecule has 0 bridgehead atoms. The first-order chi connectivity index (χ1) is 19.4. The lowest BCUT2D eigenvalue weighted by atomic mass is 9.87. The van der Waals surface area contributed by atoms with E-state index in [2.05, 4.69) is 15.1 Å². The topological polar surface area (TPSA) is 90.0 Å². The third-order valence-electron chi connectivity index (χ3n) is 8.56. The second-order valence-corrected chi connectivity index (χ2v) is 11.2. The minimum atomic E-state index is -0.954. The Morgan fingerprint density at radius 1 is 0.775 bits per heavy atom. The molecule has 2 aromatic carbocycles. The number of piperazine rings is 1. The lowest BCUT2D eigenvalue weighted by molar-refractivity contribution is -0.136. The van der Waals surface area contributed by atoms with Gasteiger partial charge in [0.2, 0.25) is 11.8 Å². The summed E-state index contributed by atoms with van der Waals surface area (Å²) in [5, 5.41) is 2.23. The van der Waals surface area contributed by atoms with E-state index in [4.69, 9.17) is 0 Å². The number of nitrogens with one attached hydrogen (secondary N) is 1. The van der Waals surface area contributed by atoms with Crippen LogP contribution >= 0.6 is 0 Å². The third-order valence-corrected chi connectivity index (χ3v) is 8.56. The second-order valence-electron chi connectivity index (χ2n) is 11.2. The molecule has 40 heavy (non-hydrogen) atoms. The minimum Gasteiger partial charge on any atom is -0.297 e. The van der Waals surface area contributed by atoms with E-state index >= 15 is 0 Å². The summed E-state index contributed by atoms with van der Waals surface area (Å²) in [6, 6.07) is 11.3. The zero-order valence-corrected chi connectivity index (χ0v) is 22.5. The summed E-state index contributed by atoms with van der Waals surface area (Å²) in [6.07, 6.45) is 4.75. The summed E-state index contributed by atoms with van der Waals surface area (Å²) in [5.74, 6) is -2.14. The van der Waals surface area contributed by atoms with Gasteiger partial charge in [0.05, 0.1) is 11.1 Å². The Morgan fingerprint density at radius 3 is 2.17 bits per heavy atom. The van der Waals surface area contributed by atoms with Gasteiger partial charge in [-0.1, -0.05) is 23.8 Å². The smallest absolute Gasteiger partial charge is 0.262 e. The molecule has 0 aromatic heterocycles. The number of fused-ring (bicyclic) bond motifs is 1. The first-order valence-electron chi connectivity index (χ1n) is 14.1. The van der Waals surface area contributed by atoms with Gasteiger partial charge < -0.3 is 0 Å². The van der Waals surface area contributed by atoms with Gasteiger partial charge in [-0.15, -0.1) is 0 Å². The van der Waals surface area contributed by atoms with Crippen LogP contribution in [0.3, 0.4) is 0 Å². The first kappa shape index (κ1) is 26.5. The molecular weight excluding hydrogens is 511 g/mol. The number of carbonyl (C=O) groups is 4. The summed E-state index contributed by atoms with van der Waals surface area (Å²) >= 11 is 0. The molecule has 3 heterocycles.